The second kappa shape index (κ2) is 15.9. The van der Waals surface area contributed by atoms with Crippen molar-refractivity contribution in [3.8, 4) is 0 Å². The Balaban J connectivity index is -0.000000562. The third-order valence-electron chi connectivity index (χ3n) is 6.42. The predicted molar refractivity (Wildman–Crippen MR) is 139 cm³/mol. The molecule has 0 radical (unpaired) electrons. The summed E-state index contributed by atoms with van der Waals surface area (Å²) in [7, 11) is 1.35. The Morgan fingerprint density at radius 1 is 0.882 bits per heavy atom. The van der Waals surface area contributed by atoms with Gasteiger partial charge >= 0.3 is 11.9 Å². The number of carbonyl (C=O) groups is 2. The van der Waals surface area contributed by atoms with Crippen molar-refractivity contribution in [1.29, 1.82) is 0 Å². The lowest BCUT2D eigenvalue weighted by atomic mass is 10.0. The molecule has 1 N–H and O–H groups in total. The molecule has 2 fully saturated rings. The molecule has 34 heavy (non-hydrogen) atoms. The number of aliphatic hydroxyl groups excluding tert-OH is 1. The van der Waals surface area contributed by atoms with Crippen LogP contribution in [-0.4, -0.2) is 76.2 Å². The minimum atomic E-state index is -1.85. The Hall–Kier alpha value is -1.00. The van der Waals surface area contributed by atoms with Gasteiger partial charge in [0.15, 0.2) is 8.32 Å². The maximum Gasteiger partial charge on any atom is 0.308 e. The first kappa shape index (κ1) is 37.5. The van der Waals surface area contributed by atoms with Crippen molar-refractivity contribution in [3.05, 3.63) is 0 Å². The van der Waals surface area contributed by atoms with Crippen LogP contribution in [0.3, 0.4) is 0 Å². The normalized spacial score (nSPS) is 26.6. The maximum atomic E-state index is 11.7. The summed E-state index contributed by atoms with van der Waals surface area (Å²) in [5, 5.41) is 9.39. The monoisotopic (exact) mass is 510 g/mol. The molecule has 0 spiro atoms. The van der Waals surface area contributed by atoms with Crippen LogP contribution in [0.2, 0.25) is 18.1 Å². The van der Waals surface area contributed by atoms with Gasteiger partial charge in [-0.2, -0.15) is 0 Å². The standard InChI is InChI=1S/C14H28O4Si.C8H14O4.3CH4/c1-10(16-5)12-8-11(9-13(15)17-12)18-19(6,7)14(2,3)4;1-5(11-2)7-3-6(9)4-8(10)12-7;;;/h10-12H,8-9H2,1-7H3;5-7,9H,3-4H2,1-2H3;3*1H4/t10?,11-,12+;5?,6-,7+;;;/m11.../s1. The van der Waals surface area contributed by atoms with Crippen LogP contribution in [0, 0.1) is 0 Å². The second-order valence-corrected chi connectivity index (χ2v) is 14.7. The van der Waals surface area contributed by atoms with E-state index in [1.807, 2.05) is 13.8 Å². The predicted octanol–water partition coefficient (Wildman–Crippen LogP) is 5.11. The molecule has 0 aromatic carbocycles. The van der Waals surface area contributed by atoms with Crippen molar-refractivity contribution < 1.29 is 38.1 Å². The van der Waals surface area contributed by atoms with Crippen molar-refractivity contribution >= 4 is 20.3 Å². The highest BCUT2D eigenvalue weighted by molar-refractivity contribution is 6.74. The van der Waals surface area contributed by atoms with Gasteiger partial charge in [0.05, 0.1) is 37.3 Å². The number of esters is 2. The van der Waals surface area contributed by atoms with Crippen LogP contribution in [0.5, 0.6) is 0 Å². The first-order chi connectivity index (χ1) is 14.2. The highest BCUT2D eigenvalue weighted by Gasteiger charge is 2.42. The van der Waals surface area contributed by atoms with E-state index in [1.165, 1.54) is 0 Å². The van der Waals surface area contributed by atoms with Gasteiger partial charge in [0.25, 0.3) is 0 Å². The highest BCUT2D eigenvalue weighted by Crippen LogP contribution is 2.39. The molecule has 2 saturated heterocycles. The van der Waals surface area contributed by atoms with Gasteiger partial charge in [-0.25, -0.2) is 0 Å². The average Bonchev–Trinajstić information content (AvgIpc) is 2.64. The molecule has 206 valence electrons. The molecule has 8 nitrogen and oxygen atoms in total. The van der Waals surface area contributed by atoms with Gasteiger partial charge in [-0.05, 0) is 32.0 Å². The molecule has 0 amide bonds. The number of carbonyl (C=O) groups excluding carboxylic acids is 2. The number of rotatable bonds is 6. The molecule has 0 saturated carbocycles. The molecule has 0 aliphatic carbocycles. The molecule has 2 rings (SSSR count). The van der Waals surface area contributed by atoms with Crippen molar-refractivity contribution in [2.45, 2.75) is 137 Å². The summed E-state index contributed by atoms with van der Waals surface area (Å²) in [6, 6.07) is 0. The van der Waals surface area contributed by atoms with Crippen LogP contribution in [0.4, 0.5) is 0 Å². The zero-order valence-corrected chi connectivity index (χ0v) is 21.6. The average molecular weight is 511 g/mol. The Morgan fingerprint density at radius 2 is 1.29 bits per heavy atom. The summed E-state index contributed by atoms with van der Waals surface area (Å²) in [4.78, 5) is 22.6. The lowest BCUT2D eigenvalue weighted by Crippen LogP contribution is -2.48. The van der Waals surface area contributed by atoms with Gasteiger partial charge in [0, 0.05) is 27.1 Å². The van der Waals surface area contributed by atoms with Gasteiger partial charge in [0.1, 0.15) is 12.2 Å². The number of cyclic esters (lactones) is 2. The number of ether oxygens (including phenoxy) is 4. The minimum absolute atomic E-state index is 0. The first-order valence-electron chi connectivity index (χ1n) is 11.0. The van der Waals surface area contributed by atoms with Gasteiger partial charge in [-0.15, -0.1) is 0 Å². The molecular formula is C25H54O8Si. The zero-order valence-electron chi connectivity index (χ0n) is 20.6. The fourth-order valence-electron chi connectivity index (χ4n) is 3.16. The van der Waals surface area contributed by atoms with Gasteiger partial charge < -0.3 is 28.5 Å². The van der Waals surface area contributed by atoms with Gasteiger partial charge in [-0.1, -0.05) is 43.1 Å². The molecular weight excluding hydrogens is 456 g/mol. The third-order valence-corrected chi connectivity index (χ3v) is 11.0. The first-order valence-corrected chi connectivity index (χ1v) is 13.9. The van der Waals surface area contributed by atoms with E-state index < -0.39 is 14.4 Å². The largest absolute Gasteiger partial charge is 0.459 e. The van der Waals surface area contributed by atoms with Crippen LogP contribution in [0.25, 0.3) is 0 Å². The summed E-state index contributed by atoms with van der Waals surface area (Å²) >= 11 is 0. The Bertz CT molecular complexity index is 590. The Labute approximate surface area is 210 Å². The van der Waals surface area contributed by atoms with Crippen molar-refractivity contribution in [2.75, 3.05) is 14.2 Å². The lowest BCUT2D eigenvalue weighted by molar-refractivity contribution is -0.169. The molecule has 6 atom stereocenters. The van der Waals surface area contributed by atoms with Crippen molar-refractivity contribution in [2.24, 2.45) is 0 Å². The summed E-state index contributed by atoms with van der Waals surface area (Å²) in [5.74, 6) is -0.522. The van der Waals surface area contributed by atoms with Crippen molar-refractivity contribution in [3.63, 3.8) is 0 Å². The summed E-state index contributed by atoms with van der Waals surface area (Å²) < 4.78 is 26.9. The fourth-order valence-corrected chi connectivity index (χ4v) is 4.53. The van der Waals surface area contributed by atoms with Crippen LogP contribution < -0.4 is 0 Å². The van der Waals surface area contributed by atoms with E-state index in [9.17, 15) is 14.7 Å². The quantitative estimate of drug-likeness (QED) is 0.388. The van der Waals surface area contributed by atoms with E-state index in [4.69, 9.17) is 23.4 Å². The summed E-state index contributed by atoms with van der Waals surface area (Å²) in [6.07, 6.45) is 0.324. The van der Waals surface area contributed by atoms with Crippen LogP contribution in [0.15, 0.2) is 0 Å². The highest BCUT2D eigenvalue weighted by atomic mass is 28.4. The van der Waals surface area contributed by atoms with E-state index in [-0.39, 0.29) is 76.2 Å². The molecule has 2 aliphatic rings. The van der Waals surface area contributed by atoms with Crippen LogP contribution >= 0.6 is 0 Å². The molecule has 9 heteroatoms. The molecule has 0 aromatic heterocycles. The fraction of sp³-hybridized carbons (Fsp3) is 0.920. The van der Waals surface area contributed by atoms with E-state index in [0.717, 1.165) is 6.42 Å². The Kier molecular flexibility index (Phi) is 17.5. The Morgan fingerprint density at radius 3 is 1.68 bits per heavy atom. The zero-order chi connectivity index (χ0) is 24.0. The lowest BCUT2D eigenvalue weighted by Gasteiger charge is -2.41. The van der Waals surface area contributed by atoms with Gasteiger partial charge in [0.2, 0.25) is 0 Å². The topological polar surface area (TPSA) is 101 Å². The number of hydrogen-bond acceptors (Lipinski definition) is 8. The minimum Gasteiger partial charge on any atom is -0.459 e. The van der Waals surface area contributed by atoms with E-state index in [1.54, 1.807) is 14.2 Å². The van der Waals surface area contributed by atoms with Gasteiger partial charge in [-0.3, -0.25) is 9.59 Å². The van der Waals surface area contributed by atoms with Crippen LogP contribution in [-0.2, 0) is 33.0 Å². The third kappa shape index (κ3) is 11.6. The smallest absolute Gasteiger partial charge is 0.308 e. The van der Waals surface area contributed by atoms with E-state index in [2.05, 4.69) is 33.9 Å². The SMILES string of the molecule is C.C.C.COC(C)[C@@H]1C[C@@H](O)CC(=O)O1.COC(C)[C@@H]1C[C@@H](O[Si](C)(C)C(C)(C)C)CC(=O)O1. The number of methoxy groups -OCH3 is 2. The van der Waals surface area contributed by atoms with E-state index >= 15 is 0 Å². The molecule has 2 unspecified atom stereocenters. The number of aliphatic hydroxyl groups is 1. The molecule has 0 aromatic rings. The molecule has 0 bridgehead atoms. The van der Waals surface area contributed by atoms with Crippen molar-refractivity contribution in [1.82, 2.24) is 0 Å². The summed E-state index contributed by atoms with van der Waals surface area (Å²) in [5.41, 5.74) is 0. The van der Waals surface area contributed by atoms with E-state index in [0.29, 0.717) is 12.8 Å². The summed E-state index contributed by atoms with van der Waals surface area (Å²) in [6.45, 7) is 14.8. The molecule has 2 heterocycles. The maximum absolute atomic E-state index is 11.7. The molecule has 2 aliphatic heterocycles. The second-order valence-electron chi connectivity index (χ2n) is 9.97. The number of hydrogen-bond donors (Lipinski definition) is 1. The van der Waals surface area contributed by atoms with Crippen LogP contribution in [0.1, 0.15) is 82.6 Å².